The normalized spacial score (nSPS) is 19.4. The van der Waals surface area contributed by atoms with Crippen molar-refractivity contribution in [3.8, 4) is 5.75 Å². The minimum atomic E-state index is -0.528. The van der Waals surface area contributed by atoms with Gasteiger partial charge in [0.15, 0.2) is 0 Å². The van der Waals surface area contributed by atoms with Crippen molar-refractivity contribution >= 4 is 0 Å². The van der Waals surface area contributed by atoms with E-state index in [9.17, 15) is 5.11 Å². The van der Waals surface area contributed by atoms with Gasteiger partial charge in [0, 0.05) is 6.42 Å². The topological polar surface area (TPSA) is 41.5 Å². The molecule has 3 nitrogen and oxygen atoms in total. The Hall–Kier alpha value is -1.06. The fourth-order valence-electron chi connectivity index (χ4n) is 2.19. The van der Waals surface area contributed by atoms with E-state index in [0.717, 1.165) is 38.1 Å². The minimum absolute atomic E-state index is 0.528. The Kier molecular flexibility index (Phi) is 3.46. The van der Waals surface area contributed by atoms with Crippen LogP contribution in [0.15, 0.2) is 24.3 Å². The second-order valence-corrected chi connectivity index (χ2v) is 4.50. The molecule has 16 heavy (non-hydrogen) atoms. The molecule has 0 aromatic heterocycles. The van der Waals surface area contributed by atoms with Crippen LogP contribution in [0.4, 0.5) is 0 Å². The first-order valence-corrected chi connectivity index (χ1v) is 5.78. The van der Waals surface area contributed by atoms with Gasteiger partial charge in [-0.1, -0.05) is 12.1 Å². The summed E-state index contributed by atoms with van der Waals surface area (Å²) in [7, 11) is 1.66. The minimum Gasteiger partial charge on any atom is -0.497 e. The summed E-state index contributed by atoms with van der Waals surface area (Å²) in [4.78, 5) is 0. The van der Waals surface area contributed by atoms with E-state index in [1.807, 2.05) is 24.3 Å². The van der Waals surface area contributed by atoms with Crippen LogP contribution in [0.25, 0.3) is 0 Å². The van der Waals surface area contributed by atoms with Gasteiger partial charge in [0.2, 0.25) is 0 Å². The first kappa shape index (κ1) is 11.4. The molecule has 1 aliphatic heterocycles. The molecular formula is C13H19NO2. The quantitative estimate of drug-likeness (QED) is 0.809. The van der Waals surface area contributed by atoms with Crippen LogP contribution in [0, 0.1) is 0 Å². The monoisotopic (exact) mass is 221 g/mol. The van der Waals surface area contributed by atoms with Gasteiger partial charge in [-0.2, -0.15) is 0 Å². The van der Waals surface area contributed by atoms with E-state index in [-0.39, 0.29) is 0 Å². The number of benzene rings is 1. The van der Waals surface area contributed by atoms with Gasteiger partial charge >= 0.3 is 0 Å². The molecule has 1 saturated heterocycles. The summed E-state index contributed by atoms with van der Waals surface area (Å²) in [6.45, 7) is 1.82. The van der Waals surface area contributed by atoms with Crippen molar-refractivity contribution in [1.29, 1.82) is 0 Å². The average molecular weight is 221 g/mol. The Balaban J connectivity index is 2.01. The van der Waals surface area contributed by atoms with Crippen molar-refractivity contribution < 1.29 is 9.84 Å². The summed E-state index contributed by atoms with van der Waals surface area (Å²) in [5, 5.41) is 13.6. The molecule has 2 N–H and O–H groups in total. The van der Waals surface area contributed by atoms with E-state index in [1.165, 1.54) is 5.56 Å². The molecule has 0 saturated carbocycles. The number of hydrogen-bond acceptors (Lipinski definition) is 3. The molecule has 0 bridgehead atoms. The Morgan fingerprint density at radius 3 is 2.44 bits per heavy atom. The van der Waals surface area contributed by atoms with E-state index < -0.39 is 5.60 Å². The lowest BCUT2D eigenvalue weighted by molar-refractivity contribution is 0.0108. The fraction of sp³-hybridized carbons (Fsp3) is 0.538. The Morgan fingerprint density at radius 2 is 1.88 bits per heavy atom. The molecule has 88 valence electrons. The maximum atomic E-state index is 10.4. The highest BCUT2D eigenvalue weighted by atomic mass is 16.5. The predicted molar refractivity (Wildman–Crippen MR) is 63.8 cm³/mol. The van der Waals surface area contributed by atoms with Crippen molar-refractivity contribution in [3.05, 3.63) is 29.8 Å². The summed E-state index contributed by atoms with van der Waals surface area (Å²) in [6.07, 6.45) is 2.40. The van der Waals surface area contributed by atoms with E-state index in [1.54, 1.807) is 7.11 Å². The van der Waals surface area contributed by atoms with Crippen LogP contribution in [-0.4, -0.2) is 30.9 Å². The molecule has 0 spiro atoms. The SMILES string of the molecule is COc1ccc(CC2(O)CCNCC2)cc1. The van der Waals surface area contributed by atoms with Gasteiger partial charge < -0.3 is 15.2 Å². The van der Waals surface area contributed by atoms with E-state index in [4.69, 9.17) is 4.74 Å². The summed E-state index contributed by atoms with van der Waals surface area (Å²) < 4.78 is 5.11. The molecule has 3 heteroatoms. The van der Waals surface area contributed by atoms with Gasteiger partial charge in [-0.25, -0.2) is 0 Å². The zero-order chi connectivity index (χ0) is 11.4. The first-order valence-electron chi connectivity index (χ1n) is 5.78. The maximum absolute atomic E-state index is 10.4. The summed E-state index contributed by atoms with van der Waals surface area (Å²) in [5.74, 6) is 0.862. The Bertz CT molecular complexity index is 328. The third-order valence-electron chi connectivity index (χ3n) is 3.23. The number of hydrogen-bond donors (Lipinski definition) is 2. The van der Waals surface area contributed by atoms with Crippen molar-refractivity contribution in [2.45, 2.75) is 24.9 Å². The molecule has 1 aromatic rings. The van der Waals surface area contributed by atoms with Crippen molar-refractivity contribution in [2.24, 2.45) is 0 Å². The third kappa shape index (κ3) is 2.74. The molecule has 1 heterocycles. The number of piperidine rings is 1. The highest BCUT2D eigenvalue weighted by Gasteiger charge is 2.28. The van der Waals surface area contributed by atoms with Gasteiger partial charge in [0.05, 0.1) is 12.7 Å². The van der Waals surface area contributed by atoms with E-state index >= 15 is 0 Å². The van der Waals surface area contributed by atoms with Crippen molar-refractivity contribution in [2.75, 3.05) is 20.2 Å². The maximum Gasteiger partial charge on any atom is 0.118 e. The van der Waals surface area contributed by atoms with Gasteiger partial charge in [0.25, 0.3) is 0 Å². The highest BCUT2D eigenvalue weighted by molar-refractivity contribution is 5.28. The number of aliphatic hydroxyl groups is 1. The van der Waals surface area contributed by atoms with E-state index in [2.05, 4.69) is 5.32 Å². The van der Waals surface area contributed by atoms with E-state index in [0.29, 0.717) is 0 Å². The van der Waals surface area contributed by atoms with Crippen LogP contribution in [0.3, 0.4) is 0 Å². The van der Waals surface area contributed by atoms with Gasteiger partial charge in [-0.05, 0) is 43.6 Å². The van der Waals surface area contributed by atoms with Crippen molar-refractivity contribution in [1.82, 2.24) is 5.32 Å². The van der Waals surface area contributed by atoms with Gasteiger partial charge in [-0.3, -0.25) is 0 Å². The molecule has 0 amide bonds. The largest absolute Gasteiger partial charge is 0.497 e. The van der Waals surface area contributed by atoms with Crippen LogP contribution in [0.2, 0.25) is 0 Å². The number of rotatable bonds is 3. The molecule has 0 unspecified atom stereocenters. The predicted octanol–water partition coefficient (Wildman–Crippen LogP) is 1.35. The first-order chi connectivity index (χ1) is 7.72. The van der Waals surface area contributed by atoms with Crippen LogP contribution < -0.4 is 10.1 Å². The molecule has 0 radical (unpaired) electrons. The zero-order valence-electron chi connectivity index (χ0n) is 9.70. The van der Waals surface area contributed by atoms with Gasteiger partial charge in [-0.15, -0.1) is 0 Å². The summed E-state index contributed by atoms with van der Waals surface area (Å²) in [6, 6.07) is 7.94. The zero-order valence-corrected chi connectivity index (χ0v) is 9.70. The lowest BCUT2D eigenvalue weighted by atomic mass is 9.86. The molecule has 1 aromatic carbocycles. The Morgan fingerprint density at radius 1 is 1.25 bits per heavy atom. The summed E-state index contributed by atoms with van der Waals surface area (Å²) >= 11 is 0. The lowest BCUT2D eigenvalue weighted by Gasteiger charge is -2.32. The van der Waals surface area contributed by atoms with Crippen LogP contribution in [0.1, 0.15) is 18.4 Å². The van der Waals surface area contributed by atoms with Gasteiger partial charge in [0.1, 0.15) is 5.75 Å². The molecule has 1 fully saturated rings. The van der Waals surface area contributed by atoms with Crippen LogP contribution in [-0.2, 0) is 6.42 Å². The standard InChI is InChI=1S/C13H19NO2/c1-16-12-4-2-11(3-5-12)10-13(15)6-8-14-9-7-13/h2-5,14-15H,6-10H2,1H3. The smallest absolute Gasteiger partial charge is 0.118 e. The lowest BCUT2D eigenvalue weighted by Crippen LogP contribution is -2.43. The number of methoxy groups -OCH3 is 1. The third-order valence-corrected chi connectivity index (χ3v) is 3.23. The Labute approximate surface area is 96.4 Å². The second kappa shape index (κ2) is 4.85. The molecule has 1 aliphatic rings. The average Bonchev–Trinajstić information content (AvgIpc) is 2.30. The molecule has 0 aliphatic carbocycles. The van der Waals surface area contributed by atoms with Crippen LogP contribution in [0.5, 0.6) is 5.75 Å². The number of ether oxygens (including phenoxy) is 1. The highest BCUT2D eigenvalue weighted by Crippen LogP contribution is 2.24. The summed E-state index contributed by atoms with van der Waals surface area (Å²) in [5.41, 5.74) is 0.644. The second-order valence-electron chi connectivity index (χ2n) is 4.50. The van der Waals surface area contributed by atoms with Crippen LogP contribution >= 0.6 is 0 Å². The molecule has 0 atom stereocenters. The number of nitrogens with one attached hydrogen (secondary N) is 1. The van der Waals surface area contributed by atoms with Crippen molar-refractivity contribution in [3.63, 3.8) is 0 Å². The fourth-order valence-corrected chi connectivity index (χ4v) is 2.19. The molecule has 2 rings (SSSR count). The molecular weight excluding hydrogens is 202 g/mol.